The first kappa shape index (κ1) is 12.8. The molecule has 0 fully saturated rings. The van der Waals surface area contributed by atoms with Gasteiger partial charge in [-0.05, 0) is 24.3 Å². The molecule has 0 amide bonds. The van der Waals surface area contributed by atoms with Gasteiger partial charge in [-0.3, -0.25) is 4.98 Å². The maximum atomic E-state index is 13.3. The molecule has 0 saturated heterocycles. The zero-order valence-corrected chi connectivity index (χ0v) is 9.93. The summed E-state index contributed by atoms with van der Waals surface area (Å²) in [6.45, 7) is 0.326. The quantitative estimate of drug-likeness (QED) is 0.733. The Balaban J connectivity index is 2.26. The van der Waals surface area contributed by atoms with Crippen LogP contribution in [0.5, 0.6) is 0 Å². The van der Waals surface area contributed by atoms with Gasteiger partial charge >= 0.3 is 5.97 Å². The summed E-state index contributed by atoms with van der Waals surface area (Å²) in [6.07, 6.45) is 1.63. The summed E-state index contributed by atoms with van der Waals surface area (Å²) in [7, 11) is 0. The highest BCUT2D eigenvalue weighted by Crippen LogP contribution is 2.25. The van der Waals surface area contributed by atoms with Crippen LogP contribution in [0.2, 0.25) is 0 Å². The van der Waals surface area contributed by atoms with Crippen molar-refractivity contribution in [3.8, 4) is 0 Å². The number of nitrogens with zero attached hydrogens (tertiary/aromatic N) is 1. The summed E-state index contributed by atoms with van der Waals surface area (Å²) in [5.74, 6) is -2.03. The van der Waals surface area contributed by atoms with Crippen molar-refractivity contribution >= 4 is 17.3 Å². The summed E-state index contributed by atoms with van der Waals surface area (Å²) < 4.78 is 13.3. The van der Waals surface area contributed by atoms with Gasteiger partial charge in [0.15, 0.2) is 0 Å². The molecule has 0 aliphatic heterocycles. The molecule has 0 aliphatic carbocycles. The number of carboxylic acids is 1. The molecule has 2 rings (SSSR count). The number of nitrogens with one attached hydrogen (secondary N) is 1. The van der Waals surface area contributed by atoms with Gasteiger partial charge in [-0.1, -0.05) is 6.07 Å². The number of hydrogen-bond donors (Lipinski definition) is 3. The van der Waals surface area contributed by atoms with E-state index in [4.69, 9.17) is 10.8 Å². The molecular formula is C13H12FN3O2. The Bertz CT molecular complexity index is 602. The molecule has 2 aromatic rings. The monoisotopic (exact) mass is 261 g/mol. The zero-order valence-electron chi connectivity index (χ0n) is 9.93. The summed E-state index contributed by atoms with van der Waals surface area (Å²) in [5, 5.41) is 12.0. The Hall–Kier alpha value is -2.63. The summed E-state index contributed by atoms with van der Waals surface area (Å²) >= 11 is 0. The van der Waals surface area contributed by atoms with Gasteiger partial charge in [-0.15, -0.1) is 0 Å². The van der Waals surface area contributed by atoms with Crippen LogP contribution in [-0.2, 0) is 6.54 Å². The minimum absolute atomic E-state index is 0.261. The fourth-order valence-electron chi connectivity index (χ4n) is 1.66. The second-order valence-corrected chi connectivity index (χ2v) is 3.86. The first-order valence-electron chi connectivity index (χ1n) is 5.54. The minimum Gasteiger partial charge on any atom is -0.478 e. The Morgan fingerprint density at radius 1 is 1.37 bits per heavy atom. The van der Waals surface area contributed by atoms with Gasteiger partial charge in [0, 0.05) is 6.20 Å². The zero-order chi connectivity index (χ0) is 13.8. The molecule has 19 heavy (non-hydrogen) atoms. The lowest BCUT2D eigenvalue weighted by Crippen LogP contribution is -2.11. The first-order valence-corrected chi connectivity index (χ1v) is 5.54. The van der Waals surface area contributed by atoms with Gasteiger partial charge in [-0.2, -0.15) is 0 Å². The Kier molecular flexibility index (Phi) is 3.61. The normalized spacial score (nSPS) is 10.2. The number of rotatable bonds is 4. The van der Waals surface area contributed by atoms with Crippen LogP contribution in [0.15, 0.2) is 36.5 Å². The van der Waals surface area contributed by atoms with E-state index in [2.05, 4.69) is 10.3 Å². The van der Waals surface area contributed by atoms with E-state index in [1.165, 1.54) is 6.07 Å². The molecule has 6 heteroatoms. The largest absolute Gasteiger partial charge is 0.478 e. The molecule has 98 valence electrons. The van der Waals surface area contributed by atoms with Crippen LogP contribution in [-0.4, -0.2) is 16.1 Å². The summed E-state index contributed by atoms with van der Waals surface area (Å²) in [4.78, 5) is 15.2. The molecule has 0 atom stereocenters. The van der Waals surface area contributed by atoms with Crippen molar-refractivity contribution in [1.82, 2.24) is 4.98 Å². The number of benzene rings is 1. The average Bonchev–Trinajstić information content (AvgIpc) is 2.41. The maximum Gasteiger partial charge on any atom is 0.340 e. The van der Waals surface area contributed by atoms with E-state index in [1.54, 1.807) is 18.3 Å². The van der Waals surface area contributed by atoms with Crippen molar-refractivity contribution in [2.45, 2.75) is 6.54 Å². The third-order valence-electron chi connectivity index (χ3n) is 2.59. The number of carboxylic acid groups (broad SMARTS) is 1. The lowest BCUT2D eigenvalue weighted by molar-refractivity contribution is 0.0698. The van der Waals surface area contributed by atoms with Gasteiger partial charge in [0.2, 0.25) is 0 Å². The van der Waals surface area contributed by atoms with Crippen LogP contribution in [0.4, 0.5) is 15.8 Å². The van der Waals surface area contributed by atoms with Crippen LogP contribution in [0.3, 0.4) is 0 Å². The second kappa shape index (κ2) is 5.34. The Morgan fingerprint density at radius 2 is 2.16 bits per heavy atom. The van der Waals surface area contributed by atoms with Gasteiger partial charge in [0.1, 0.15) is 11.4 Å². The number of nitrogens with two attached hydrogens (primary N) is 1. The number of anilines is 2. The number of aromatic carboxylic acids is 1. The van der Waals surface area contributed by atoms with Gasteiger partial charge in [0.25, 0.3) is 0 Å². The van der Waals surface area contributed by atoms with Crippen LogP contribution in [0, 0.1) is 5.82 Å². The van der Waals surface area contributed by atoms with E-state index < -0.39 is 11.8 Å². The Morgan fingerprint density at radius 3 is 2.79 bits per heavy atom. The van der Waals surface area contributed by atoms with Crippen molar-refractivity contribution in [3.63, 3.8) is 0 Å². The van der Waals surface area contributed by atoms with E-state index in [1.807, 2.05) is 6.07 Å². The fourth-order valence-corrected chi connectivity index (χ4v) is 1.66. The molecule has 0 bridgehead atoms. The molecule has 1 heterocycles. The molecule has 0 unspecified atom stereocenters. The molecule has 5 nitrogen and oxygen atoms in total. The molecule has 0 saturated carbocycles. The topological polar surface area (TPSA) is 88.2 Å². The maximum absolute atomic E-state index is 13.3. The average molecular weight is 261 g/mol. The SMILES string of the molecule is Nc1c(F)ccc(NCc2ccccn2)c1C(=O)O. The van der Waals surface area contributed by atoms with Crippen LogP contribution in [0.1, 0.15) is 16.1 Å². The molecule has 0 radical (unpaired) electrons. The molecule has 1 aromatic carbocycles. The van der Waals surface area contributed by atoms with Gasteiger partial charge in [-0.25, -0.2) is 9.18 Å². The van der Waals surface area contributed by atoms with Crippen LogP contribution >= 0.6 is 0 Å². The lowest BCUT2D eigenvalue weighted by atomic mass is 10.1. The highest BCUT2D eigenvalue weighted by atomic mass is 19.1. The van der Waals surface area contributed by atoms with Crippen molar-refractivity contribution in [2.75, 3.05) is 11.1 Å². The first-order chi connectivity index (χ1) is 9.09. The number of hydrogen-bond acceptors (Lipinski definition) is 4. The molecule has 0 aliphatic rings. The van der Waals surface area contributed by atoms with Gasteiger partial charge in [0.05, 0.1) is 23.6 Å². The Labute approximate surface area is 108 Å². The standard InChI is InChI=1S/C13H12FN3O2/c14-9-4-5-10(11(12(9)15)13(18)19)17-7-8-3-1-2-6-16-8/h1-6,17H,7,15H2,(H,18,19). The third-order valence-corrected chi connectivity index (χ3v) is 2.59. The van der Waals surface area contributed by atoms with Gasteiger partial charge < -0.3 is 16.2 Å². The predicted molar refractivity (Wildman–Crippen MR) is 69.3 cm³/mol. The van der Waals surface area contributed by atoms with E-state index in [-0.39, 0.29) is 16.9 Å². The number of aromatic nitrogens is 1. The van der Waals surface area contributed by atoms with Crippen molar-refractivity contribution in [3.05, 3.63) is 53.6 Å². The predicted octanol–water partition coefficient (Wildman–Crippen LogP) is 2.11. The van der Waals surface area contributed by atoms with E-state index in [0.29, 0.717) is 6.54 Å². The van der Waals surface area contributed by atoms with E-state index in [0.717, 1.165) is 11.8 Å². The molecule has 0 spiro atoms. The second-order valence-electron chi connectivity index (χ2n) is 3.86. The van der Waals surface area contributed by atoms with Crippen LogP contribution < -0.4 is 11.1 Å². The number of halogens is 1. The fraction of sp³-hybridized carbons (Fsp3) is 0.0769. The summed E-state index contributed by atoms with van der Waals surface area (Å²) in [6, 6.07) is 7.87. The molecular weight excluding hydrogens is 249 g/mol. The molecule has 4 N–H and O–H groups in total. The lowest BCUT2D eigenvalue weighted by Gasteiger charge is -2.11. The highest BCUT2D eigenvalue weighted by Gasteiger charge is 2.17. The van der Waals surface area contributed by atoms with Crippen molar-refractivity contribution < 1.29 is 14.3 Å². The van der Waals surface area contributed by atoms with Crippen molar-refractivity contribution in [1.29, 1.82) is 0 Å². The van der Waals surface area contributed by atoms with Crippen LogP contribution in [0.25, 0.3) is 0 Å². The highest BCUT2D eigenvalue weighted by molar-refractivity contribution is 6.00. The number of nitrogen functional groups attached to an aromatic ring is 1. The molecule has 1 aromatic heterocycles. The van der Waals surface area contributed by atoms with E-state index in [9.17, 15) is 9.18 Å². The third kappa shape index (κ3) is 2.79. The summed E-state index contributed by atoms with van der Waals surface area (Å²) in [5.41, 5.74) is 5.80. The minimum atomic E-state index is -1.28. The van der Waals surface area contributed by atoms with Crippen molar-refractivity contribution in [2.24, 2.45) is 0 Å². The number of carbonyl (C=O) groups is 1. The number of pyridine rings is 1. The smallest absolute Gasteiger partial charge is 0.340 e. The van der Waals surface area contributed by atoms with E-state index >= 15 is 0 Å².